The van der Waals surface area contributed by atoms with Gasteiger partial charge in [0.2, 0.25) is 5.88 Å². The smallest absolute Gasteiger partial charge is 0.237 e. The zero-order valence-corrected chi connectivity index (χ0v) is 11.8. The monoisotopic (exact) mass is 290 g/mol. The molecule has 0 saturated heterocycles. The van der Waals surface area contributed by atoms with Crippen LogP contribution < -0.4 is 9.47 Å². The van der Waals surface area contributed by atoms with E-state index in [2.05, 4.69) is 9.97 Å². The van der Waals surface area contributed by atoms with Gasteiger partial charge in [0.25, 0.3) is 0 Å². The highest BCUT2D eigenvalue weighted by molar-refractivity contribution is 5.34. The number of hydrogen-bond acceptors (Lipinski definition) is 6. The molecule has 1 unspecified atom stereocenters. The molecule has 0 aliphatic carbocycles. The van der Waals surface area contributed by atoms with E-state index in [0.29, 0.717) is 24.0 Å². The van der Waals surface area contributed by atoms with Crippen molar-refractivity contribution in [3.05, 3.63) is 42.9 Å². The Labute approximate surface area is 123 Å². The maximum absolute atomic E-state index is 9.65. The fraction of sp³-hybridized carbons (Fsp3) is 0.333. The van der Waals surface area contributed by atoms with Crippen molar-refractivity contribution in [2.45, 2.75) is 13.0 Å². The van der Waals surface area contributed by atoms with Gasteiger partial charge >= 0.3 is 0 Å². The first-order chi connectivity index (χ1) is 10.3. The SMILES string of the molecule is CCOCC(O)COc1cccc(Oc2cnccn2)c1. The Balaban J connectivity index is 1.89. The van der Waals surface area contributed by atoms with Crippen LogP contribution in [0.2, 0.25) is 0 Å². The quantitative estimate of drug-likeness (QED) is 0.802. The standard InChI is InChI=1S/C15H18N2O4/c1-2-19-10-12(18)11-20-13-4-3-5-14(8-13)21-15-9-16-6-7-17-15/h3-9,12,18H,2,10-11H2,1H3. The van der Waals surface area contributed by atoms with Crippen molar-refractivity contribution in [2.75, 3.05) is 19.8 Å². The Morgan fingerprint density at radius 2 is 2.05 bits per heavy atom. The fourth-order valence-electron chi connectivity index (χ4n) is 1.58. The first-order valence-corrected chi connectivity index (χ1v) is 6.70. The van der Waals surface area contributed by atoms with Gasteiger partial charge in [-0.3, -0.25) is 4.98 Å². The Kier molecular flexibility index (Phi) is 5.93. The number of benzene rings is 1. The molecule has 6 nitrogen and oxygen atoms in total. The first-order valence-electron chi connectivity index (χ1n) is 6.70. The molecule has 1 heterocycles. The molecule has 1 aromatic carbocycles. The lowest BCUT2D eigenvalue weighted by Gasteiger charge is -2.12. The van der Waals surface area contributed by atoms with E-state index in [0.717, 1.165) is 0 Å². The Bertz CT molecular complexity index is 536. The second-order valence-electron chi connectivity index (χ2n) is 4.24. The van der Waals surface area contributed by atoms with Crippen LogP contribution in [0.3, 0.4) is 0 Å². The van der Waals surface area contributed by atoms with Crippen LogP contribution in [0.25, 0.3) is 0 Å². The molecule has 1 N–H and O–H groups in total. The summed E-state index contributed by atoms with van der Waals surface area (Å²) in [6.45, 7) is 2.86. The van der Waals surface area contributed by atoms with E-state index >= 15 is 0 Å². The van der Waals surface area contributed by atoms with Crippen LogP contribution in [0.5, 0.6) is 17.4 Å². The lowest BCUT2D eigenvalue weighted by atomic mass is 10.3. The molecule has 21 heavy (non-hydrogen) atoms. The molecule has 0 aliphatic rings. The van der Waals surface area contributed by atoms with Crippen molar-refractivity contribution >= 4 is 0 Å². The van der Waals surface area contributed by atoms with E-state index in [4.69, 9.17) is 14.2 Å². The highest BCUT2D eigenvalue weighted by Gasteiger charge is 2.06. The Morgan fingerprint density at radius 3 is 2.81 bits per heavy atom. The van der Waals surface area contributed by atoms with Crippen LogP contribution >= 0.6 is 0 Å². The van der Waals surface area contributed by atoms with E-state index in [-0.39, 0.29) is 13.2 Å². The van der Waals surface area contributed by atoms with E-state index in [1.54, 1.807) is 36.7 Å². The molecule has 2 aromatic rings. The number of ether oxygens (including phenoxy) is 3. The highest BCUT2D eigenvalue weighted by atomic mass is 16.5. The number of nitrogens with zero attached hydrogens (tertiary/aromatic N) is 2. The van der Waals surface area contributed by atoms with E-state index < -0.39 is 6.10 Å². The molecular weight excluding hydrogens is 272 g/mol. The summed E-state index contributed by atoms with van der Waals surface area (Å²) in [6.07, 6.45) is 4.00. The average Bonchev–Trinajstić information content (AvgIpc) is 2.52. The van der Waals surface area contributed by atoms with E-state index in [9.17, 15) is 5.11 Å². The predicted octanol–water partition coefficient (Wildman–Crippen LogP) is 2.05. The van der Waals surface area contributed by atoms with Crippen LogP contribution in [0.15, 0.2) is 42.9 Å². The van der Waals surface area contributed by atoms with Gasteiger partial charge in [-0.25, -0.2) is 4.98 Å². The van der Waals surface area contributed by atoms with Gasteiger partial charge in [0, 0.05) is 25.1 Å². The van der Waals surface area contributed by atoms with Gasteiger partial charge in [0.15, 0.2) is 0 Å². The Hall–Kier alpha value is -2.18. The number of hydrogen-bond donors (Lipinski definition) is 1. The molecule has 1 atom stereocenters. The third-order valence-corrected chi connectivity index (χ3v) is 2.52. The molecule has 0 spiro atoms. The predicted molar refractivity (Wildman–Crippen MR) is 76.5 cm³/mol. The van der Waals surface area contributed by atoms with Crippen molar-refractivity contribution in [1.82, 2.24) is 9.97 Å². The average molecular weight is 290 g/mol. The van der Waals surface area contributed by atoms with Crippen LogP contribution in [0.4, 0.5) is 0 Å². The lowest BCUT2D eigenvalue weighted by molar-refractivity contribution is 0.0164. The minimum atomic E-state index is -0.658. The molecule has 112 valence electrons. The summed E-state index contributed by atoms with van der Waals surface area (Å²) >= 11 is 0. The summed E-state index contributed by atoms with van der Waals surface area (Å²) in [5, 5.41) is 9.65. The third-order valence-electron chi connectivity index (χ3n) is 2.52. The van der Waals surface area contributed by atoms with E-state index in [1.165, 1.54) is 6.20 Å². The number of rotatable bonds is 8. The summed E-state index contributed by atoms with van der Waals surface area (Å²) in [4.78, 5) is 7.96. The van der Waals surface area contributed by atoms with Crippen molar-refractivity contribution in [2.24, 2.45) is 0 Å². The van der Waals surface area contributed by atoms with Crippen LogP contribution in [0.1, 0.15) is 6.92 Å². The lowest BCUT2D eigenvalue weighted by Crippen LogP contribution is -2.23. The van der Waals surface area contributed by atoms with Crippen molar-refractivity contribution in [3.8, 4) is 17.4 Å². The minimum Gasteiger partial charge on any atom is -0.491 e. The second-order valence-corrected chi connectivity index (χ2v) is 4.24. The number of aliphatic hydroxyl groups excluding tert-OH is 1. The molecule has 0 bridgehead atoms. The zero-order valence-electron chi connectivity index (χ0n) is 11.8. The largest absolute Gasteiger partial charge is 0.491 e. The maximum Gasteiger partial charge on any atom is 0.237 e. The third kappa shape index (κ3) is 5.37. The van der Waals surface area contributed by atoms with Crippen molar-refractivity contribution in [1.29, 1.82) is 0 Å². The molecule has 0 fully saturated rings. The highest BCUT2D eigenvalue weighted by Crippen LogP contribution is 2.23. The van der Waals surface area contributed by atoms with E-state index in [1.807, 2.05) is 6.92 Å². The molecule has 0 amide bonds. The summed E-state index contributed by atoms with van der Waals surface area (Å²) in [5.41, 5.74) is 0. The van der Waals surface area contributed by atoms with Gasteiger partial charge in [-0.2, -0.15) is 0 Å². The summed E-state index contributed by atoms with van der Waals surface area (Å²) in [7, 11) is 0. The minimum absolute atomic E-state index is 0.161. The van der Waals surface area contributed by atoms with Gasteiger partial charge in [-0.05, 0) is 19.1 Å². The normalized spacial score (nSPS) is 11.9. The summed E-state index contributed by atoms with van der Waals surface area (Å²) in [6, 6.07) is 7.10. The van der Waals surface area contributed by atoms with Gasteiger partial charge in [-0.15, -0.1) is 0 Å². The molecule has 1 aromatic heterocycles. The molecular formula is C15H18N2O4. The molecule has 6 heteroatoms. The van der Waals surface area contributed by atoms with Crippen LogP contribution in [-0.4, -0.2) is 41.0 Å². The molecule has 0 radical (unpaired) electrons. The van der Waals surface area contributed by atoms with Gasteiger partial charge in [0.1, 0.15) is 24.2 Å². The van der Waals surface area contributed by atoms with Crippen molar-refractivity contribution < 1.29 is 19.3 Å². The topological polar surface area (TPSA) is 73.7 Å². The molecule has 2 rings (SSSR count). The van der Waals surface area contributed by atoms with Crippen LogP contribution in [-0.2, 0) is 4.74 Å². The van der Waals surface area contributed by atoms with Crippen LogP contribution in [0, 0.1) is 0 Å². The molecule has 0 aliphatic heterocycles. The zero-order chi connectivity index (χ0) is 14.9. The summed E-state index contributed by atoms with van der Waals surface area (Å²) < 4.78 is 16.2. The second kappa shape index (κ2) is 8.18. The van der Waals surface area contributed by atoms with Gasteiger partial charge in [0.05, 0.1) is 12.8 Å². The number of aliphatic hydroxyl groups is 1. The molecule has 0 saturated carbocycles. The number of aromatic nitrogens is 2. The summed E-state index contributed by atoms with van der Waals surface area (Å²) in [5.74, 6) is 1.60. The Morgan fingerprint density at radius 1 is 1.19 bits per heavy atom. The van der Waals surface area contributed by atoms with Gasteiger partial charge in [-0.1, -0.05) is 6.07 Å². The van der Waals surface area contributed by atoms with Crippen molar-refractivity contribution in [3.63, 3.8) is 0 Å². The van der Waals surface area contributed by atoms with Gasteiger partial charge < -0.3 is 19.3 Å². The fourth-order valence-corrected chi connectivity index (χ4v) is 1.58. The maximum atomic E-state index is 9.65. The first kappa shape index (κ1) is 15.2.